The number of nitrogens with zero attached hydrogens (tertiary/aromatic N) is 1. The quantitative estimate of drug-likeness (QED) is 0.781. The standard InChI is InChI=1S/C14H17N3O2S/c1-9(15)14-17-11(8-20-14)13(19)16-7-12(18)10-5-3-2-4-6-10/h2-6,8-9,12,18H,7,15H2,1H3,(H,16,19). The minimum atomic E-state index is -0.730. The van der Waals surface area contributed by atoms with Gasteiger partial charge in [-0.1, -0.05) is 30.3 Å². The third-order valence-electron chi connectivity index (χ3n) is 2.78. The van der Waals surface area contributed by atoms with Crippen molar-refractivity contribution in [3.05, 3.63) is 52.0 Å². The Morgan fingerprint density at radius 1 is 1.45 bits per heavy atom. The van der Waals surface area contributed by atoms with Crippen LogP contribution in [0.3, 0.4) is 0 Å². The van der Waals surface area contributed by atoms with E-state index in [4.69, 9.17) is 5.73 Å². The average molecular weight is 291 g/mol. The highest BCUT2D eigenvalue weighted by Crippen LogP contribution is 2.16. The molecular weight excluding hydrogens is 274 g/mol. The van der Waals surface area contributed by atoms with Crippen molar-refractivity contribution in [3.63, 3.8) is 0 Å². The molecule has 0 saturated carbocycles. The Kier molecular flexibility index (Phi) is 4.84. The second kappa shape index (κ2) is 6.60. The summed E-state index contributed by atoms with van der Waals surface area (Å²) in [5.41, 5.74) is 6.80. The number of aliphatic hydroxyl groups is 1. The summed E-state index contributed by atoms with van der Waals surface area (Å²) in [6, 6.07) is 9.00. The van der Waals surface area contributed by atoms with Gasteiger partial charge in [0, 0.05) is 11.9 Å². The number of aromatic nitrogens is 1. The molecule has 2 aromatic rings. The van der Waals surface area contributed by atoms with Crippen molar-refractivity contribution in [2.75, 3.05) is 6.54 Å². The van der Waals surface area contributed by atoms with Crippen LogP contribution in [0.1, 0.15) is 40.1 Å². The number of benzene rings is 1. The largest absolute Gasteiger partial charge is 0.387 e. The zero-order chi connectivity index (χ0) is 14.5. The number of carbonyl (C=O) groups excluding carboxylic acids is 1. The number of amides is 1. The molecule has 0 radical (unpaired) electrons. The fraction of sp³-hybridized carbons (Fsp3) is 0.286. The molecule has 2 rings (SSSR count). The highest BCUT2D eigenvalue weighted by atomic mass is 32.1. The van der Waals surface area contributed by atoms with Crippen molar-refractivity contribution in [2.24, 2.45) is 5.73 Å². The van der Waals surface area contributed by atoms with Crippen molar-refractivity contribution in [3.8, 4) is 0 Å². The molecule has 2 unspecified atom stereocenters. The molecule has 0 aliphatic carbocycles. The van der Waals surface area contributed by atoms with Gasteiger partial charge < -0.3 is 16.2 Å². The molecule has 0 saturated heterocycles. The Hall–Kier alpha value is -1.76. The van der Waals surface area contributed by atoms with E-state index in [1.807, 2.05) is 37.3 Å². The molecule has 4 N–H and O–H groups in total. The third-order valence-corrected chi connectivity index (χ3v) is 3.83. The van der Waals surface area contributed by atoms with Crippen molar-refractivity contribution < 1.29 is 9.90 Å². The number of nitrogens with one attached hydrogen (secondary N) is 1. The zero-order valence-corrected chi connectivity index (χ0v) is 11.9. The van der Waals surface area contributed by atoms with E-state index in [1.165, 1.54) is 11.3 Å². The van der Waals surface area contributed by atoms with Gasteiger partial charge in [0.2, 0.25) is 0 Å². The van der Waals surface area contributed by atoms with Gasteiger partial charge in [-0.25, -0.2) is 4.98 Å². The van der Waals surface area contributed by atoms with Gasteiger partial charge in [-0.15, -0.1) is 11.3 Å². The SMILES string of the molecule is CC(N)c1nc(C(=O)NCC(O)c2ccccc2)cs1. The predicted octanol–water partition coefficient (Wildman–Crippen LogP) is 1.63. The van der Waals surface area contributed by atoms with E-state index >= 15 is 0 Å². The summed E-state index contributed by atoms with van der Waals surface area (Å²) >= 11 is 1.36. The molecule has 2 atom stereocenters. The predicted molar refractivity (Wildman–Crippen MR) is 78.5 cm³/mol. The van der Waals surface area contributed by atoms with E-state index in [9.17, 15) is 9.90 Å². The lowest BCUT2D eigenvalue weighted by atomic mass is 10.1. The lowest BCUT2D eigenvalue weighted by Crippen LogP contribution is -2.28. The number of aliphatic hydroxyl groups excluding tert-OH is 1. The molecule has 0 aliphatic heterocycles. The monoisotopic (exact) mass is 291 g/mol. The van der Waals surface area contributed by atoms with E-state index < -0.39 is 6.10 Å². The number of rotatable bonds is 5. The van der Waals surface area contributed by atoms with Crippen LogP contribution in [0.15, 0.2) is 35.7 Å². The molecule has 1 heterocycles. The number of hydrogen-bond acceptors (Lipinski definition) is 5. The lowest BCUT2D eigenvalue weighted by Gasteiger charge is -2.11. The van der Waals surface area contributed by atoms with Crippen molar-refractivity contribution in [2.45, 2.75) is 19.1 Å². The van der Waals surface area contributed by atoms with Gasteiger partial charge in [0.1, 0.15) is 10.7 Å². The molecule has 0 spiro atoms. The summed E-state index contributed by atoms with van der Waals surface area (Å²) in [7, 11) is 0. The van der Waals surface area contributed by atoms with Crippen molar-refractivity contribution >= 4 is 17.2 Å². The fourth-order valence-corrected chi connectivity index (χ4v) is 2.43. The Balaban J connectivity index is 1.91. The zero-order valence-electron chi connectivity index (χ0n) is 11.1. The Morgan fingerprint density at radius 3 is 2.75 bits per heavy atom. The normalized spacial score (nSPS) is 13.8. The van der Waals surface area contributed by atoms with Gasteiger partial charge >= 0.3 is 0 Å². The summed E-state index contributed by atoms with van der Waals surface area (Å²) in [5, 5.41) is 15.0. The summed E-state index contributed by atoms with van der Waals surface area (Å²) < 4.78 is 0. The van der Waals surface area contributed by atoms with Crippen LogP contribution in [-0.2, 0) is 0 Å². The van der Waals surface area contributed by atoms with E-state index in [0.29, 0.717) is 5.69 Å². The third kappa shape index (κ3) is 3.63. The van der Waals surface area contributed by atoms with Crippen LogP contribution in [0.25, 0.3) is 0 Å². The topological polar surface area (TPSA) is 88.2 Å². The second-order valence-corrected chi connectivity index (χ2v) is 5.39. The Bertz CT molecular complexity index is 569. The minimum Gasteiger partial charge on any atom is -0.387 e. The first-order valence-corrected chi connectivity index (χ1v) is 7.18. The lowest BCUT2D eigenvalue weighted by molar-refractivity contribution is 0.0912. The van der Waals surface area contributed by atoms with Gasteiger partial charge in [0.05, 0.1) is 12.1 Å². The molecule has 5 nitrogen and oxygen atoms in total. The van der Waals surface area contributed by atoms with E-state index in [-0.39, 0.29) is 18.5 Å². The first kappa shape index (κ1) is 14.6. The maximum absolute atomic E-state index is 11.9. The van der Waals surface area contributed by atoms with E-state index in [0.717, 1.165) is 10.6 Å². The van der Waals surface area contributed by atoms with Gasteiger partial charge in [-0.3, -0.25) is 4.79 Å². The van der Waals surface area contributed by atoms with Crippen LogP contribution in [0.5, 0.6) is 0 Å². The van der Waals surface area contributed by atoms with Crippen LogP contribution >= 0.6 is 11.3 Å². The second-order valence-electron chi connectivity index (χ2n) is 4.50. The maximum atomic E-state index is 11.9. The van der Waals surface area contributed by atoms with Gasteiger partial charge in [0.15, 0.2) is 0 Å². The maximum Gasteiger partial charge on any atom is 0.270 e. The minimum absolute atomic E-state index is 0.147. The smallest absolute Gasteiger partial charge is 0.270 e. The molecule has 1 aromatic carbocycles. The van der Waals surface area contributed by atoms with Gasteiger partial charge in [0.25, 0.3) is 5.91 Å². The number of hydrogen-bond donors (Lipinski definition) is 3. The Labute approximate surface area is 121 Å². The molecule has 0 fully saturated rings. The summed E-state index contributed by atoms with van der Waals surface area (Å²) in [6.45, 7) is 1.97. The number of carbonyl (C=O) groups is 1. The highest BCUT2D eigenvalue weighted by molar-refractivity contribution is 7.09. The Morgan fingerprint density at radius 2 is 2.15 bits per heavy atom. The molecule has 1 amide bonds. The average Bonchev–Trinajstić information content (AvgIpc) is 2.95. The molecule has 0 bridgehead atoms. The van der Waals surface area contributed by atoms with Crippen LogP contribution in [0, 0.1) is 0 Å². The van der Waals surface area contributed by atoms with Crippen molar-refractivity contribution in [1.82, 2.24) is 10.3 Å². The molecule has 1 aromatic heterocycles. The summed E-state index contributed by atoms with van der Waals surface area (Å²) in [5.74, 6) is -0.303. The fourth-order valence-electron chi connectivity index (χ4n) is 1.67. The first-order valence-electron chi connectivity index (χ1n) is 6.30. The molecule has 0 aliphatic rings. The van der Waals surface area contributed by atoms with Crippen molar-refractivity contribution in [1.29, 1.82) is 0 Å². The van der Waals surface area contributed by atoms with Gasteiger partial charge in [-0.2, -0.15) is 0 Å². The highest BCUT2D eigenvalue weighted by Gasteiger charge is 2.14. The van der Waals surface area contributed by atoms with Crippen LogP contribution < -0.4 is 11.1 Å². The van der Waals surface area contributed by atoms with Crippen LogP contribution in [0.4, 0.5) is 0 Å². The van der Waals surface area contributed by atoms with Crippen LogP contribution in [-0.4, -0.2) is 22.5 Å². The number of nitrogens with two attached hydrogens (primary N) is 1. The molecule has 20 heavy (non-hydrogen) atoms. The molecule has 106 valence electrons. The van der Waals surface area contributed by atoms with E-state index in [1.54, 1.807) is 5.38 Å². The van der Waals surface area contributed by atoms with Crippen LogP contribution in [0.2, 0.25) is 0 Å². The summed E-state index contributed by atoms with van der Waals surface area (Å²) in [6.07, 6.45) is -0.730. The summed E-state index contributed by atoms with van der Waals surface area (Å²) in [4.78, 5) is 16.1. The van der Waals surface area contributed by atoms with E-state index in [2.05, 4.69) is 10.3 Å². The number of thiazole rings is 1. The molecule has 6 heteroatoms. The van der Waals surface area contributed by atoms with Gasteiger partial charge in [-0.05, 0) is 12.5 Å². The molecular formula is C14H17N3O2S. The first-order chi connectivity index (χ1) is 9.58.